The molecule has 3 aromatic carbocycles. The van der Waals surface area contributed by atoms with E-state index in [0.29, 0.717) is 17.9 Å². The van der Waals surface area contributed by atoms with Gasteiger partial charge in [0.2, 0.25) is 11.8 Å². The molecule has 2 amide bonds. The highest BCUT2D eigenvalue weighted by Gasteiger charge is 2.32. The zero-order valence-electron chi connectivity index (χ0n) is 23.8. The molecule has 214 valence electrons. The summed E-state index contributed by atoms with van der Waals surface area (Å²) in [6.45, 7) is 7.19. The second kappa shape index (κ2) is 14.0. The zero-order chi connectivity index (χ0) is 29.3. The number of carbonyl (C=O) groups is 2. The number of sulfonamides is 1. The maximum absolute atomic E-state index is 13.9. The molecule has 0 bridgehead atoms. The lowest BCUT2D eigenvalue weighted by Crippen LogP contribution is -2.53. The Balaban J connectivity index is 1.97. The number of ether oxygens (including phenoxy) is 1. The van der Waals surface area contributed by atoms with Crippen molar-refractivity contribution in [2.75, 3.05) is 24.5 Å². The van der Waals surface area contributed by atoms with E-state index in [-0.39, 0.29) is 23.4 Å². The normalized spacial score (nSPS) is 12.7. The molecule has 2 atom stereocenters. The minimum atomic E-state index is -4.11. The average molecular weight is 566 g/mol. The molecular formula is C31H39N3O5S. The van der Waals surface area contributed by atoms with E-state index in [1.54, 1.807) is 43.3 Å². The predicted molar refractivity (Wildman–Crippen MR) is 158 cm³/mol. The van der Waals surface area contributed by atoms with Crippen LogP contribution >= 0.6 is 0 Å². The number of hydrogen-bond donors (Lipinski definition) is 1. The van der Waals surface area contributed by atoms with Gasteiger partial charge in [-0.3, -0.25) is 13.9 Å². The van der Waals surface area contributed by atoms with E-state index in [1.807, 2.05) is 51.1 Å². The molecule has 0 unspecified atom stereocenters. The first-order valence-corrected chi connectivity index (χ1v) is 14.9. The van der Waals surface area contributed by atoms with Crippen molar-refractivity contribution in [3.8, 4) is 5.75 Å². The smallest absolute Gasteiger partial charge is 0.264 e. The van der Waals surface area contributed by atoms with Crippen LogP contribution in [0.3, 0.4) is 0 Å². The molecule has 0 saturated carbocycles. The van der Waals surface area contributed by atoms with E-state index in [0.717, 1.165) is 21.9 Å². The lowest BCUT2D eigenvalue weighted by atomic mass is 10.1. The molecule has 0 spiro atoms. The van der Waals surface area contributed by atoms with Crippen LogP contribution in [0.4, 0.5) is 5.69 Å². The standard InChI is InChI=1S/C31H39N3O5S/c1-6-24(3)32-31(36)25(4)33(21-20-26-10-8-7-9-11-26)30(35)22-34(27-14-16-28(39-5)17-15-27)40(37,38)29-18-12-23(2)13-19-29/h7-19,24-25H,6,20-22H2,1-5H3,(H,32,36)/t24-,25-/m0/s1. The Morgan fingerprint density at radius 3 is 2.12 bits per heavy atom. The van der Waals surface area contributed by atoms with E-state index < -0.39 is 28.5 Å². The lowest BCUT2D eigenvalue weighted by molar-refractivity contribution is -0.139. The molecule has 0 saturated heterocycles. The molecule has 3 rings (SSSR count). The van der Waals surface area contributed by atoms with Gasteiger partial charge in [0.15, 0.2) is 0 Å². The molecule has 9 heteroatoms. The van der Waals surface area contributed by atoms with Gasteiger partial charge in [0, 0.05) is 12.6 Å². The third kappa shape index (κ3) is 7.85. The molecule has 1 N–H and O–H groups in total. The number of aryl methyl sites for hydroxylation is 1. The fourth-order valence-corrected chi connectivity index (χ4v) is 5.56. The summed E-state index contributed by atoms with van der Waals surface area (Å²) < 4.78 is 34.1. The summed E-state index contributed by atoms with van der Waals surface area (Å²) in [5.74, 6) is -0.204. The molecule has 0 aliphatic carbocycles. The molecular weight excluding hydrogens is 526 g/mol. The van der Waals surface area contributed by atoms with E-state index in [1.165, 1.54) is 24.1 Å². The van der Waals surface area contributed by atoms with Crippen LogP contribution in [-0.4, -0.2) is 57.4 Å². The van der Waals surface area contributed by atoms with E-state index >= 15 is 0 Å². The van der Waals surface area contributed by atoms with Crippen LogP contribution in [0.1, 0.15) is 38.3 Å². The van der Waals surface area contributed by atoms with Crippen molar-refractivity contribution in [3.63, 3.8) is 0 Å². The summed E-state index contributed by atoms with van der Waals surface area (Å²) in [5.41, 5.74) is 2.24. The fourth-order valence-electron chi connectivity index (χ4n) is 4.15. The van der Waals surface area contributed by atoms with Crippen LogP contribution in [0, 0.1) is 6.92 Å². The Morgan fingerprint density at radius 2 is 1.55 bits per heavy atom. The fraction of sp³-hybridized carbons (Fsp3) is 0.355. The molecule has 0 fully saturated rings. The Kier molecular flexibility index (Phi) is 10.7. The minimum Gasteiger partial charge on any atom is -0.497 e. The van der Waals surface area contributed by atoms with Crippen molar-refractivity contribution in [2.24, 2.45) is 0 Å². The summed E-state index contributed by atoms with van der Waals surface area (Å²) in [5, 5.41) is 2.94. The second-order valence-corrected chi connectivity index (χ2v) is 11.7. The number of anilines is 1. The van der Waals surface area contributed by atoms with Gasteiger partial charge in [-0.25, -0.2) is 8.42 Å². The van der Waals surface area contributed by atoms with Gasteiger partial charge in [0.05, 0.1) is 17.7 Å². The monoisotopic (exact) mass is 565 g/mol. The van der Waals surface area contributed by atoms with Gasteiger partial charge >= 0.3 is 0 Å². The molecule has 40 heavy (non-hydrogen) atoms. The predicted octanol–water partition coefficient (Wildman–Crippen LogP) is 4.57. The van der Waals surface area contributed by atoms with Gasteiger partial charge in [0.25, 0.3) is 10.0 Å². The van der Waals surface area contributed by atoms with Crippen molar-refractivity contribution in [1.82, 2.24) is 10.2 Å². The first kappa shape index (κ1) is 30.7. The van der Waals surface area contributed by atoms with Gasteiger partial charge < -0.3 is 15.0 Å². The van der Waals surface area contributed by atoms with Crippen LogP contribution < -0.4 is 14.4 Å². The third-order valence-corrected chi connectivity index (χ3v) is 8.69. The quantitative estimate of drug-likeness (QED) is 0.328. The average Bonchev–Trinajstić information content (AvgIpc) is 2.96. The van der Waals surface area contributed by atoms with Gasteiger partial charge in [0.1, 0.15) is 18.3 Å². The Morgan fingerprint density at radius 1 is 0.925 bits per heavy atom. The maximum Gasteiger partial charge on any atom is 0.264 e. The number of rotatable bonds is 13. The summed E-state index contributed by atoms with van der Waals surface area (Å²) in [4.78, 5) is 28.5. The van der Waals surface area contributed by atoms with Crippen LogP contribution in [0.5, 0.6) is 5.75 Å². The summed E-state index contributed by atoms with van der Waals surface area (Å²) in [7, 11) is -2.59. The van der Waals surface area contributed by atoms with E-state index in [2.05, 4.69) is 5.32 Å². The summed E-state index contributed by atoms with van der Waals surface area (Å²) >= 11 is 0. The molecule has 0 radical (unpaired) electrons. The van der Waals surface area contributed by atoms with Crippen molar-refractivity contribution in [2.45, 2.75) is 57.5 Å². The molecule has 3 aromatic rings. The first-order chi connectivity index (χ1) is 19.1. The number of benzene rings is 3. The molecule has 8 nitrogen and oxygen atoms in total. The molecule has 0 aliphatic rings. The van der Waals surface area contributed by atoms with Crippen molar-refractivity contribution in [1.29, 1.82) is 0 Å². The molecule has 0 aliphatic heterocycles. The number of hydrogen-bond acceptors (Lipinski definition) is 5. The lowest BCUT2D eigenvalue weighted by Gasteiger charge is -2.32. The highest BCUT2D eigenvalue weighted by molar-refractivity contribution is 7.92. The Hall–Kier alpha value is -3.85. The van der Waals surface area contributed by atoms with Crippen LogP contribution in [-0.2, 0) is 26.0 Å². The van der Waals surface area contributed by atoms with Crippen molar-refractivity contribution >= 4 is 27.5 Å². The van der Waals surface area contributed by atoms with Gasteiger partial charge in [-0.2, -0.15) is 0 Å². The molecule has 0 aromatic heterocycles. The number of amides is 2. The van der Waals surface area contributed by atoms with Gasteiger partial charge in [-0.1, -0.05) is 55.0 Å². The topological polar surface area (TPSA) is 96.0 Å². The molecule has 0 heterocycles. The number of methoxy groups -OCH3 is 1. The van der Waals surface area contributed by atoms with Gasteiger partial charge in [-0.05, 0) is 75.6 Å². The Labute approximate surface area is 238 Å². The summed E-state index contributed by atoms with van der Waals surface area (Å²) in [6.07, 6.45) is 1.26. The number of carbonyl (C=O) groups excluding carboxylic acids is 2. The zero-order valence-corrected chi connectivity index (χ0v) is 24.6. The highest BCUT2D eigenvalue weighted by Crippen LogP contribution is 2.26. The van der Waals surface area contributed by atoms with E-state index in [4.69, 9.17) is 4.74 Å². The highest BCUT2D eigenvalue weighted by atomic mass is 32.2. The first-order valence-electron chi connectivity index (χ1n) is 13.4. The van der Waals surface area contributed by atoms with Crippen LogP contribution in [0.25, 0.3) is 0 Å². The summed E-state index contributed by atoms with van der Waals surface area (Å²) in [6, 6.07) is 21.8. The van der Waals surface area contributed by atoms with Crippen molar-refractivity contribution < 1.29 is 22.7 Å². The maximum atomic E-state index is 13.9. The minimum absolute atomic E-state index is 0.0567. The largest absolute Gasteiger partial charge is 0.497 e. The van der Waals surface area contributed by atoms with Crippen molar-refractivity contribution in [3.05, 3.63) is 90.0 Å². The number of nitrogens with zero attached hydrogens (tertiary/aromatic N) is 2. The van der Waals surface area contributed by atoms with E-state index in [9.17, 15) is 18.0 Å². The second-order valence-electron chi connectivity index (χ2n) is 9.84. The van der Waals surface area contributed by atoms with Gasteiger partial charge in [-0.15, -0.1) is 0 Å². The number of nitrogens with one attached hydrogen (secondary N) is 1. The SMILES string of the molecule is CC[C@H](C)NC(=O)[C@H](C)N(CCc1ccccc1)C(=O)CN(c1ccc(OC)cc1)S(=O)(=O)c1ccc(C)cc1. The third-order valence-electron chi connectivity index (χ3n) is 6.90. The Bertz CT molecular complexity index is 1360. The van der Waals surface area contributed by atoms with Crippen LogP contribution in [0.15, 0.2) is 83.8 Å². The van der Waals surface area contributed by atoms with Crippen LogP contribution in [0.2, 0.25) is 0 Å².